The van der Waals surface area contributed by atoms with Crippen molar-refractivity contribution in [3.63, 3.8) is 0 Å². The van der Waals surface area contributed by atoms with Gasteiger partial charge in [-0.1, -0.05) is 15.9 Å². The lowest BCUT2D eigenvalue weighted by Crippen LogP contribution is -2.01. The van der Waals surface area contributed by atoms with Crippen LogP contribution in [0.2, 0.25) is 0 Å². The van der Waals surface area contributed by atoms with Gasteiger partial charge in [0.1, 0.15) is 11.4 Å². The highest BCUT2D eigenvalue weighted by molar-refractivity contribution is 9.10. The number of rotatable bonds is 3. The van der Waals surface area contributed by atoms with E-state index in [1.54, 1.807) is 0 Å². The summed E-state index contributed by atoms with van der Waals surface area (Å²) in [6.07, 6.45) is -2.22. The molecule has 1 heterocycles. The van der Waals surface area contributed by atoms with Gasteiger partial charge in [0.15, 0.2) is 6.29 Å². The Kier molecular flexibility index (Phi) is 4.12. The molecule has 0 aliphatic carbocycles. The fourth-order valence-corrected chi connectivity index (χ4v) is 1.91. The van der Waals surface area contributed by atoms with Gasteiger partial charge in [0.25, 0.3) is 6.43 Å². The predicted octanol–water partition coefficient (Wildman–Crippen LogP) is 3.49. The van der Waals surface area contributed by atoms with Crippen molar-refractivity contribution in [2.45, 2.75) is 11.8 Å². The van der Waals surface area contributed by atoms with Gasteiger partial charge in [-0.05, 0) is 27.6 Å². The number of aromatic nitrogens is 1. The standard InChI is InChI=1S/C8H5Br2F2NO/c9-2-4-1-5(10)7(8(11)12)13-6(4)3-14/h1,3,8H,2H2. The van der Waals surface area contributed by atoms with Crippen LogP contribution in [0, 0.1) is 0 Å². The average Bonchev–Trinajstić information content (AvgIpc) is 2.16. The Labute approximate surface area is 96.0 Å². The lowest BCUT2D eigenvalue weighted by Gasteiger charge is -2.06. The zero-order valence-electron chi connectivity index (χ0n) is 6.81. The van der Waals surface area contributed by atoms with Crippen molar-refractivity contribution in [2.24, 2.45) is 0 Å². The topological polar surface area (TPSA) is 30.0 Å². The van der Waals surface area contributed by atoms with Crippen molar-refractivity contribution in [3.05, 3.63) is 27.5 Å². The minimum atomic E-state index is -2.69. The summed E-state index contributed by atoms with van der Waals surface area (Å²) in [7, 11) is 0. The fraction of sp³-hybridized carbons (Fsp3) is 0.250. The molecule has 1 aromatic heterocycles. The molecule has 0 atom stereocenters. The van der Waals surface area contributed by atoms with Crippen molar-refractivity contribution < 1.29 is 13.6 Å². The van der Waals surface area contributed by atoms with Crippen LogP contribution in [0.1, 0.15) is 28.2 Å². The number of alkyl halides is 3. The Morgan fingerprint density at radius 2 is 2.21 bits per heavy atom. The van der Waals surface area contributed by atoms with Crippen molar-refractivity contribution in [1.29, 1.82) is 0 Å². The fourth-order valence-electron chi connectivity index (χ4n) is 0.918. The van der Waals surface area contributed by atoms with Crippen LogP contribution < -0.4 is 0 Å². The Bertz CT molecular complexity index is 357. The molecule has 2 nitrogen and oxygen atoms in total. The van der Waals surface area contributed by atoms with Gasteiger partial charge in [-0.25, -0.2) is 13.8 Å². The van der Waals surface area contributed by atoms with Crippen LogP contribution in [-0.2, 0) is 5.33 Å². The Hall–Kier alpha value is -0.360. The molecule has 14 heavy (non-hydrogen) atoms. The molecule has 1 aromatic rings. The van der Waals surface area contributed by atoms with Gasteiger partial charge in [0, 0.05) is 9.80 Å². The smallest absolute Gasteiger partial charge is 0.281 e. The molecule has 0 unspecified atom stereocenters. The summed E-state index contributed by atoms with van der Waals surface area (Å²) in [6, 6.07) is 1.47. The van der Waals surface area contributed by atoms with Gasteiger partial charge < -0.3 is 0 Å². The number of aldehydes is 1. The van der Waals surface area contributed by atoms with Crippen LogP contribution in [0.5, 0.6) is 0 Å². The number of halogens is 4. The van der Waals surface area contributed by atoms with Crippen molar-refractivity contribution in [3.8, 4) is 0 Å². The molecule has 0 radical (unpaired) electrons. The normalized spacial score (nSPS) is 10.6. The first-order chi connectivity index (χ1) is 6.60. The van der Waals surface area contributed by atoms with E-state index in [2.05, 4.69) is 36.8 Å². The van der Waals surface area contributed by atoms with Gasteiger partial charge in [-0.15, -0.1) is 0 Å². The Morgan fingerprint density at radius 3 is 2.64 bits per heavy atom. The largest absolute Gasteiger partial charge is 0.296 e. The first-order valence-electron chi connectivity index (χ1n) is 3.58. The van der Waals surface area contributed by atoms with E-state index in [1.165, 1.54) is 6.07 Å². The van der Waals surface area contributed by atoms with Gasteiger partial charge in [-0.2, -0.15) is 0 Å². The summed E-state index contributed by atoms with van der Waals surface area (Å²) in [5, 5.41) is 0.399. The Morgan fingerprint density at radius 1 is 1.57 bits per heavy atom. The minimum Gasteiger partial charge on any atom is -0.296 e. The maximum atomic E-state index is 12.4. The van der Waals surface area contributed by atoms with E-state index < -0.39 is 12.1 Å². The molecule has 0 amide bonds. The molecule has 0 fully saturated rings. The molecule has 0 saturated carbocycles. The van der Waals surface area contributed by atoms with Crippen molar-refractivity contribution in [1.82, 2.24) is 4.98 Å². The van der Waals surface area contributed by atoms with Crippen LogP contribution in [-0.4, -0.2) is 11.3 Å². The van der Waals surface area contributed by atoms with E-state index in [4.69, 9.17) is 0 Å². The molecule has 1 rings (SSSR count). The first-order valence-corrected chi connectivity index (χ1v) is 5.50. The average molecular weight is 329 g/mol. The molecule has 76 valence electrons. The second-order valence-electron chi connectivity index (χ2n) is 2.45. The summed E-state index contributed by atoms with van der Waals surface area (Å²) in [6.45, 7) is 0. The maximum Gasteiger partial charge on any atom is 0.281 e. The number of nitrogens with zero attached hydrogens (tertiary/aromatic N) is 1. The van der Waals surface area contributed by atoms with Gasteiger partial charge in [-0.3, -0.25) is 4.79 Å². The third kappa shape index (κ3) is 2.36. The molecule has 0 aromatic carbocycles. The molecule has 0 saturated heterocycles. The van der Waals surface area contributed by atoms with E-state index >= 15 is 0 Å². The highest BCUT2D eigenvalue weighted by Gasteiger charge is 2.16. The third-order valence-electron chi connectivity index (χ3n) is 1.58. The van der Waals surface area contributed by atoms with E-state index in [1.807, 2.05) is 0 Å². The number of hydrogen-bond acceptors (Lipinski definition) is 2. The minimum absolute atomic E-state index is 0.0420. The highest BCUT2D eigenvalue weighted by atomic mass is 79.9. The summed E-state index contributed by atoms with van der Waals surface area (Å²) >= 11 is 6.11. The number of hydrogen-bond donors (Lipinski definition) is 0. The third-order valence-corrected chi connectivity index (χ3v) is 2.82. The summed E-state index contributed by atoms with van der Waals surface area (Å²) in [4.78, 5) is 14.1. The molecule has 0 aliphatic heterocycles. The van der Waals surface area contributed by atoms with E-state index in [-0.39, 0.29) is 10.2 Å². The zero-order valence-corrected chi connectivity index (χ0v) is 9.98. The number of pyridine rings is 1. The van der Waals surface area contributed by atoms with Gasteiger partial charge in [0.2, 0.25) is 0 Å². The lowest BCUT2D eigenvalue weighted by molar-refractivity contribution is 0.111. The SMILES string of the molecule is O=Cc1nc(C(F)F)c(Br)cc1CBr. The molecular formula is C8H5Br2F2NO. The van der Waals surface area contributed by atoms with Crippen LogP contribution in [0.3, 0.4) is 0 Å². The van der Waals surface area contributed by atoms with E-state index in [9.17, 15) is 13.6 Å². The maximum absolute atomic E-state index is 12.4. The van der Waals surface area contributed by atoms with Crippen molar-refractivity contribution in [2.75, 3.05) is 0 Å². The van der Waals surface area contributed by atoms with E-state index in [0.29, 0.717) is 17.2 Å². The van der Waals surface area contributed by atoms with Crippen LogP contribution >= 0.6 is 31.9 Å². The zero-order chi connectivity index (χ0) is 10.7. The summed E-state index contributed by atoms with van der Waals surface area (Å²) < 4.78 is 24.9. The summed E-state index contributed by atoms with van der Waals surface area (Å²) in [5.74, 6) is 0. The summed E-state index contributed by atoms with van der Waals surface area (Å²) in [5.41, 5.74) is 0.216. The second kappa shape index (κ2) is 4.93. The molecule has 6 heteroatoms. The Balaban J connectivity index is 3.30. The van der Waals surface area contributed by atoms with Crippen LogP contribution in [0.4, 0.5) is 8.78 Å². The number of carbonyl (C=O) groups excluding carboxylic acids is 1. The van der Waals surface area contributed by atoms with E-state index in [0.717, 1.165) is 0 Å². The quantitative estimate of drug-likeness (QED) is 0.628. The monoisotopic (exact) mass is 327 g/mol. The molecule has 0 bridgehead atoms. The first kappa shape index (κ1) is 11.7. The lowest BCUT2D eigenvalue weighted by atomic mass is 10.2. The predicted molar refractivity (Wildman–Crippen MR) is 54.9 cm³/mol. The van der Waals surface area contributed by atoms with Crippen LogP contribution in [0.25, 0.3) is 0 Å². The molecule has 0 N–H and O–H groups in total. The van der Waals surface area contributed by atoms with Gasteiger partial charge in [0.05, 0.1) is 0 Å². The van der Waals surface area contributed by atoms with Crippen LogP contribution in [0.15, 0.2) is 10.5 Å². The number of carbonyl (C=O) groups is 1. The van der Waals surface area contributed by atoms with Crippen molar-refractivity contribution >= 4 is 38.1 Å². The molecular weight excluding hydrogens is 324 g/mol. The molecule has 0 aliphatic rings. The highest BCUT2D eigenvalue weighted by Crippen LogP contribution is 2.27. The second-order valence-corrected chi connectivity index (χ2v) is 3.87. The van der Waals surface area contributed by atoms with Gasteiger partial charge >= 0.3 is 0 Å². The molecule has 0 spiro atoms.